The number of amides is 1. The van der Waals surface area contributed by atoms with E-state index in [0.29, 0.717) is 12.1 Å². The molecule has 0 aliphatic heterocycles. The molecule has 6 nitrogen and oxygen atoms in total. The molecule has 0 atom stereocenters. The zero-order valence-electron chi connectivity index (χ0n) is 12.8. The Bertz CT molecular complexity index is 716. The van der Waals surface area contributed by atoms with Gasteiger partial charge in [0.2, 0.25) is 15.9 Å². The molecule has 0 spiro atoms. The Hall–Kier alpha value is -1.77. The summed E-state index contributed by atoms with van der Waals surface area (Å²) in [5.74, 6) is -0.112. The minimum atomic E-state index is -3.37. The molecule has 2 aromatic heterocycles. The number of sulfonamides is 1. The quantitative estimate of drug-likeness (QED) is 0.775. The Kier molecular flexibility index (Phi) is 6.26. The van der Waals surface area contributed by atoms with Gasteiger partial charge in [0, 0.05) is 24.2 Å². The molecule has 0 bridgehead atoms. The van der Waals surface area contributed by atoms with E-state index in [9.17, 15) is 13.2 Å². The molecule has 0 aromatic carbocycles. The Labute approximate surface area is 140 Å². The van der Waals surface area contributed by atoms with Crippen LogP contribution in [0.15, 0.2) is 41.9 Å². The zero-order chi connectivity index (χ0) is 16.7. The summed E-state index contributed by atoms with van der Waals surface area (Å²) in [7, 11) is -3.37. The molecule has 0 saturated heterocycles. The third kappa shape index (κ3) is 6.09. The van der Waals surface area contributed by atoms with Gasteiger partial charge in [0.05, 0.1) is 24.9 Å². The second-order valence-corrected chi connectivity index (χ2v) is 8.04. The van der Waals surface area contributed by atoms with Crippen LogP contribution in [0.2, 0.25) is 0 Å². The highest BCUT2D eigenvalue weighted by Crippen LogP contribution is 2.09. The van der Waals surface area contributed by atoms with Gasteiger partial charge in [0.1, 0.15) is 0 Å². The largest absolute Gasteiger partial charge is 0.354 e. The molecule has 124 valence electrons. The molecule has 1 N–H and O–H groups in total. The lowest BCUT2D eigenvalue weighted by atomic mass is 10.3. The van der Waals surface area contributed by atoms with Gasteiger partial charge < -0.3 is 5.32 Å². The van der Waals surface area contributed by atoms with E-state index in [1.807, 2.05) is 23.6 Å². The van der Waals surface area contributed by atoms with E-state index < -0.39 is 10.0 Å². The molecule has 1 amide bonds. The van der Waals surface area contributed by atoms with E-state index in [4.69, 9.17) is 0 Å². The highest BCUT2D eigenvalue weighted by atomic mass is 32.2. The summed E-state index contributed by atoms with van der Waals surface area (Å²) in [6, 6.07) is 9.15. The molecule has 2 rings (SSSR count). The average Bonchev–Trinajstić information content (AvgIpc) is 2.99. The summed E-state index contributed by atoms with van der Waals surface area (Å²) < 4.78 is 25.0. The van der Waals surface area contributed by atoms with Gasteiger partial charge in [-0.15, -0.1) is 11.3 Å². The van der Waals surface area contributed by atoms with Gasteiger partial charge in [-0.25, -0.2) is 8.42 Å². The first-order valence-corrected chi connectivity index (χ1v) is 9.82. The lowest BCUT2D eigenvalue weighted by Crippen LogP contribution is -2.38. The number of nitrogens with zero attached hydrogens (tertiary/aromatic N) is 2. The third-order valence-corrected chi connectivity index (χ3v) is 5.26. The van der Waals surface area contributed by atoms with Crippen molar-refractivity contribution in [2.45, 2.75) is 13.0 Å². The highest BCUT2D eigenvalue weighted by Gasteiger charge is 2.17. The van der Waals surface area contributed by atoms with Crippen LogP contribution < -0.4 is 5.32 Å². The maximum absolute atomic E-state index is 11.9. The number of pyridine rings is 1. The van der Waals surface area contributed by atoms with E-state index in [1.54, 1.807) is 18.3 Å². The molecule has 0 radical (unpaired) electrons. The van der Waals surface area contributed by atoms with Crippen molar-refractivity contribution in [1.29, 1.82) is 0 Å². The Morgan fingerprint density at radius 1 is 1.30 bits per heavy atom. The SMILES string of the molecule is CS(=O)(=O)N(CCNC(=O)Cc1cccs1)Cc1ccccn1. The topological polar surface area (TPSA) is 79.4 Å². The predicted molar refractivity (Wildman–Crippen MR) is 90.5 cm³/mol. The Balaban J connectivity index is 1.85. The van der Waals surface area contributed by atoms with Crippen molar-refractivity contribution in [3.8, 4) is 0 Å². The van der Waals surface area contributed by atoms with E-state index >= 15 is 0 Å². The lowest BCUT2D eigenvalue weighted by molar-refractivity contribution is -0.120. The maximum Gasteiger partial charge on any atom is 0.225 e. The van der Waals surface area contributed by atoms with E-state index in [1.165, 1.54) is 15.6 Å². The molecule has 0 aliphatic rings. The van der Waals surface area contributed by atoms with Crippen LogP contribution >= 0.6 is 11.3 Å². The van der Waals surface area contributed by atoms with Crippen molar-refractivity contribution in [2.24, 2.45) is 0 Å². The van der Waals surface area contributed by atoms with E-state index in [2.05, 4.69) is 10.3 Å². The number of nitrogens with one attached hydrogen (secondary N) is 1. The molecule has 2 aromatic rings. The summed E-state index contributed by atoms with van der Waals surface area (Å²) in [4.78, 5) is 16.9. The van der Waals surface area contributed by atoms with Gasteiger partial charge >= 0.3 is 0 Å². The maximum atomic E-state index is 11.9. The average molecular weight is 353 g/mol. The van der Waals surface area contributed by atoms with Crippen molar-refractivity contribution >= 4 is 27.3 Å². The Morgan fingerprint density at radius 2 is 2.13 bits per heavy atom. The smallest absolute Gasteiger partial charge is 0.225 e. The van der Waals surface area contributed by atoms with Crippen LogP contribution in [0.3, 0.4) is 0 Å². The normalized spacial score (nSPS) is 11.6. The van der Waals surface area contributed by atoms with Gasteiger partial charge in [-0.2, -0.15) is 4.31 Å². The monoisotopic (exact) mass is 353 g/mol. The van der Waals surface area contributed by atoms with Crippen LogP contribution in [0.1, 0.15) is 10.6 Å². The number of carbonyl (C=O) groups is 1. The second kappa shape index (κ2) is 8.19. The molecule has 0 fully saturated rings. The zero-order valence-corrected chi connectivity index (χ0v) is 14.4. The fraction of sp³-hybridized carbons (Fsp3) is 0.333. The van der Waals surface area contributed by atoms with Crippen molar-refractivity contribution < 1.29 is 13.2 Å². The highest BCUT2D eigenvalue weighted by molar-refractivity contribution is 7.88. The van der Waals surface area contributed by atoms with Crippen molar-refractivity contribution in [3.63, 3.8) is 0 Å². The minimum absolute atomic E-state index is 0.112. The van der Waals surface area contributed by atoms with Crippen LogP contribution in [0.25, 0.3) is 0 Å². The van der Waals surface area contributed by atoms with Crippen molar-refractivity contribution in [3.05, 3.63) is 52.5 Å². The lowest BCUT2D eigenvalue weighted by Gasteiger charge is -2.19. The first kappa shape index (κ1) is 17.6. The molecule has 0 unspecified atom stereocenters. The van der Waals surface area contributed by atoms with Crippen molar-refractivity contribution in [1.82, 2.24) is 14.6 Å². The number of thiophene rings is 1. The summed E-state index contributed by atoms with van der Waals surface area (Å²) in [6.07, 6.45) is 3.10. The first-order chi connectivity index (χ1) is 10.9. The molecule has 0 aliphatic carbocycles. The molecule has 0 saturated carbocycles. The van der Waals surface area contributed by atoms with Crippen LogP contribution in [0.5, 0.6) is 0 Å². The third-order valence-electron chi connectivity index (χ3n) is 3.13. The number of rotatable bonds is 8. The van der Waals surface area contributed by atoms with Crippen LogP contribution in [0.4, 0.5) is 0 Å². The fourth-order valence-corrected chi connectivity index (χ4v) is 3.48. The van der Waals surface area contributed by atoms with Crippen LogP contribution in [0, 0.1) is 0 Å². The summed E-state index contributed by atoms with van der Waals surface area (Å²) in [6.45, 7) is 0.677. The second-order valence-electron chi connectivity index (χ2n) is 5.02. The number of hydrogen-bond acceptors (Lipinski definition) is 5. The van der Waals surface area contributed by atoms with E-state index in [0.717, 1.165) is 11.1 Å². The predicted octanol–water partition coefficient (Wildman–Crippen LogP) is 1.26. The number of hydrogen-bond donors (Lipinski definition) is 1. The summed E-state index contributed by atoms with van der Waals surface area (Å²) in [5.41, 5.74) is 0.669. The van der Waals surface area contributed by atoms with Crippen molar-refractivity contribution in [2.75, 3.05) is 19.3 Å². The number of carbonyl (C=O) groups excluding carboxylic acids is 1. The fourth-order valence-electron chi connectivity index (χ4n) is 1.99. The van der Waals surface area contributed by atoms with Crippen LogP contribution in [-0.2, 0) is 27.8 Å². The van der Waals surface area contributed by atoms with Gasteiger partial charge in [0.15, 0.2) is 0 Å². The van der Waals surface area contributed by atoms with Gasteiger partial charge in [-0.05, 0) is 23.6 Å². The van der Waals surface area contributed by atoms with Gasteiger partial charge in [-0.1, -0.05) is 12.1 Å². The minimum Gasteiger partial charge on any atom is -0.354 e. The number of aromatic nitrogens is 1. The molecule has 23 heavy (non-hydrogen) atoms. The Morgan fingerprint density at radius 3 is 2.74 bits per heavy atom. The van der Waals surface area contributed by atoms with Gasteiger partial charge in [0.25, 0.3) is 0 Å². The van der Waals surface area contributed by atoms with Gasteiger partial charge in [-0.3, -0.25) is 9.78 Å². The standard InChI is InChI=1S/C15H19N3O3S2/c1-23(20,21)18(12-13-5-2-3-7-16-13)9-8-17-15(19)11-14-6-4-10-22-14/h2-7,10H,8-9,11-12H2,1H3,(H,17,19). The van der Waals surface area contributed by atoms with Crippen LogP contribution in [-0.4, -0.2) is 43.0 Å². The summed E-state index contributed by atoms with van der Waals surface area (Å²) >= 11 is 1.52. The summed E-state index contributed by atoms with van der Waals surface area (Å²) in [5, 5.41) is 4.67. The molecular weight excluding hydrogens is 334 g/mol. The molecule has 2 heterocycles. The molecular formula is C15H19N3O3S2. The molecule has 8 heteroatoms. The first-order valence-electron chi connectivity index (χ1n) is 7.09. The van der Waals surface area contributed by atoms with E-state index in [-0.39, 0.29) is 25.5 Å².